The van der Waals surface area contributed by atoms with Gasteiger partial charge in [0.25, 0.3) is 0 Å². The minimum absolute atomic E-state index is 0.173. The van der Waals surface area contributed by atoms with Crippen molar-refractivity contribution in [2.75, 3.05) is 11.5 Å². The van der Waals surface area contributed by atoms with Crippen molar-refractivity contribution in [2.24, 2.45) is 0 Å². The van der Waals surface area contributed by atoms with E-state index >= 15 is 0 Å². The molecule has 0 aliphatic heterocycles. The second-order valence-corrected chi connectivity index (χ2v) is 7.35. The first-order valence-electron chi connectivity index (χ1n) is 10.6. The Morgan fingerprint density at radius 3 is 2.59 bits per heavy atom. The average Bonchev–Trinajstić information content (AvgIpc) is 3.27. The van der Waals surface area contributed by atoms with E-state index in [-0.39, 0.29) is 13.0 Å². The highest BCUT2D eigenvalue weighted by Gasteiger charge is 2.29. The standard InChI is InChI=1S/C25H22N4O5/c1-2-33-25(32)23(29(16-30)19-6-4-10-27-15-19)11-18-14-28-22-8-7-20(12-21(18)22)34-24(31)17-5-3-9-26-13-17/h3-10,12-16,23,28H,2,11H2,1H3. The first-order valence-corrected chi connectivity index (χ1v) is 10.6. The van der Waals surface area contributed by atoms with E-state index in [1.807, 2.05) is 0 Å². The average molecular weight is 458 g/mol. The fourth-order valence-corrected chi connectivity index (χ4v) is 3.60. The van der Waals surface area contributed by atoms with Gasteiger partial charge in [0, 0.05) is 42.1 Å². The number of H-pyrrole nitrogens is 1. The number of hydrogen-bond acceptors (Lipinski definition) is 7. The zero-order valence-electron chi connectivity index (χ0n) is 18.4. The van der Waals surface area contributed by atoms with Gasteiger partial charge in [-0.15, -0.1) is 0 Å². The van der Waals surface area contributed by atoms with Gasteiger partial charge >= 0.3 is 11.9 Å². The van der Waals surface area contributed by atoms with Gasteiger partial charge in [-0.3, -0.25) is 19.7 Å². The molecule has 1 unspecified atom stereocenters. The SMILES string of the molecule is CCOC(=O)C(Cc1c[nH]c2ccc(OC(=O)c3cccnc3)cc12)N(C=O)c1cccnc1. The maximum Gasteiger partial charge on any atom is 0.345 e. The molecule has 0 saturated carbocycles. The number of esters is 2. The van der Waals surface area contributed by atoms with E-state index < -0.39 is 18.0 Å². The molecule has 0 aliphatic rings. The fraction of sp³-hybridized carbons (Fsp3) is 0.160. The van der Waals surface area contributed by atoms with Crippen molar-refractivity contribution in [3.05, 3.63) is 84.6 Å². The summed E-state index contributed by atoms with van der Waals surface area (Å²) in [7, 11) is 0. The molecule has 0 radical (unpaired) electrons. The number of benzene rings is 1. The number of aromatic amines is 1. The minimum Gasteiger partial charge on any atom is -0.464 e. The van der Waals surface area contributed by atoms with Crippen molar-refractivity contribution in [3.63, 3.8) is 0 Å². The highest BCUT2D eigenvalue weighted by Crippen LogP contribution is 2.27. The van der Waals surface area contributed by atoms with Gasteiger partial charge in [0.1, 0.15) is 11.8 Å². The predicted octanol–water partition coefficient (Wildman–Crippen LogP) is 3.31. The minimum atomic E-state index is -0.915. The largest absolute Gasteiger partial charge is 0.464 e. The maximum atomic E-state index is 12.8. The molecule has 9 nitrogen and oxygen atoms in total. The molecular weight excluding hydrogens is 436 g/mol. The molecule has 34 heavy (non-hydrogen) atoms. The summed E-state index contributed by atoms with van der Waals surface area (Å²) < 4.78 is 10.8. The first-order chi connectivity index (χ1) is 16.6. The Bertz CT molecular complexity index is 1290. The highest BCUT2D eigenvalue weighted by molar-refractivity contribution is 5.93. The molecule has 3 aromatic heterocycles. The summed E-state index contributed by atoms with van der Waals surface area (Å²) in [6.07, 6.45) is 8.62. The third-order valence-corrected chi connectivity index (χ3v) is 5.21. The second kappa shape index (κ2) is 10.4. The first kappa shape index (κ1) is 22.7. The molecule has 1 N–H and O–H groups in total. The Labute approximate surface area is 195 Å². The smallest absolute Gasteiger partial charge is 0.345 e. The molecule has 0 bridgehead atoms. The molecule has 172 valence electrons. The number of rotatable bonds is 9. The van der Waals surface area contributed by atoms with Crippen LogP contribution >= 0.6 is 0 Å². The van der Waals surface area contributed by atoms with Crippen LogP contribution in [0.25, 0.3) is 10.9 Å². The van der Waals surface area contributed by atoms with Crippen LogP contribution in [-0.2, 0) is 20.7 Å². The third-order valence-electron chi connectivity index (χ3n) is 5.21. The van der Waals surface area contributed by atoms with Crippen LogP contribution in [0.1, 0.15) is 22.8 Å². The van der Waals surface area contributed by atoms with Gasteiger partial charge < -0.3 is 14.5 Å². The van der Waals surface area contributed by atoms with Gasteiger partial charge in [0.15, 0.2) is 0 Å². The molecule has 0 spiro atoms. The Hall–Kier alpha value is -4.53. The maximum absolute atomic E-state index is 12.8. The van der Waals surface area contributed by atoms with Crippen molar-refractivity contribution < 1.29 is 23.9 Å². The molecule has 1 aromatic carbocycles. The number of nitrogens with zero attached hydrogens (tertiary/aromatic N) is 3. The van der Waals surface area contributed by atoms with Crippen molar-refractivity contribution in [1.29, 1.82) is 0 Å². The van der Waals surface area contributed by atoms with E-state index in [0.29, 0.717) is 23.4 Å². The molecule has 1 atom stereocenters. The van der Waals surface area contributed by atoms with E-state index in [9.17, 15) is 14.4 Å². The molecule has 4 rings (SSSR count). The van der Waals surface area contributed by atoms with Crippen molar-refractivity contribution in [1.82, 2.24) is 15.0 Å². The third kappa shape index (κ3) is 4.93. The lowest BCUT2D eigenvalue weighted by Gasteiger charge is -2.26. The van der Waals surface area contributed by atoms with Crippen LogP contribution < -0.4 is 9.64 Å². The molecule has 4 aromatic rings. The Morgan fingerprint density at radius 1 is 1.12 bits per heavy atom. The number of aromatic nitrogens is 3. The highest BCUT2D eigenvalue weighted by atomic mass is 16.5. The van der Waals surface area contributed by atoms with Crippen LogP contribution in [0.5, 0.6) is 5.75 Å². The van der Waals surface area contributed by atoms with E-state index in [2.05, 4.69) is 15.0 Å². The van der Waals surface area contributed by atoms with Crippen molar-refractivity contribution >= 4 is 34.9 Å². The van der Waals surface area contributed by atoms with Gasteiger partial charge in [0.05, 0.1) is 24.1 Å². The predicted molar refractivity (Wildman–Crippen MR) is 124 cm³/mol. The summed E-state index contributed by atoms with van der Waals surface area (Å²) in [4.78, 5) is 49.6. The monoisotopic (exact) mass is 458 g/mol. The number of ether oxygens (including phenoxy) is 2. The summed E-state index contributed by atoms with van der Waals surface area (Å²) in [5, 5.41) is 0.753. The quantitative estimate of drug-likeness (QED) is 0.232. The summed E-state index contributed by atoms with van der Waals surface area (Å²) in [6.45, 7) is 1.89. The van der Waals surface area contributed by atoms with Crippen LogP contribution in [-0.4, -0.2) is 45.9 Å². The molecule has 0 fully saturated rings. The molecular formula is C25H22N4O5. The van der Waals surface area contributed by atoms with Gasteiger partial charge in [-0.25, -0.2) is 9.59 Å². The van der Waals surface area contributed by atoms with E-state index in [1.165, 1.54) is 17.3 Å². The summed E-state index contributed by atoms with van der Waals surface area (Å²) in [6, 6.07) is 10.9. The Kier molecular flexibility index (Phi) is 6.92. The van der Waals surface area contributed by atoms with E-state index in [4.69, 9.17) is 9.47 Å². The number of anilines is 1. The summed E-state index contributed by atoms with van der Waals surface area (Å²) in [5.41, 5.74) is 2.35. The topological polar surface area (TPSA) is 114 Å². The number of amides is 1. The van der Waals surface area contributed by atoms with Crippen molar-refractivity contribution in [3.8, 4) is 5.75 Å². The molecule has 0 saturated heterocycles. The number of nitrogens with one attached hydrogen (secondary N) is 1. The number of hydrogen-bond donors (Lipinski definition) is 1. The fourth-order valence-electron chi connectivity index (χ4n) is 3.60. The van der Waals surface area contributed by atoms with Crippen LogP contribution in [0.4, 0.5) is 5.69 Å². The lowest BCUT2D eigenvalue weighted by molar-refractivity contribution is -0.145. The Morgan fingerprint density at radius 2 is 1.91 bits per heavy atom. The van der Waals surface area contributed by atoms with Crippen molar-refractivity contribution in [2.45, 2.75) is 19.4 Å². The molecule has 1 amide bonds. The van der Waals surface area contributed by atoms with Crippen LogP contribution in [0.3, 0.4) is 0 Å². The van der Waals surface area contributed by atoms with Gasteiger partial charge in [-0.2, -0.15) is 0 Å². The number of carbonyl (C=O) groups is 3. The van der Waals surface area contributed by atoms with Gasteiger partial charge in [-0.05, 0) is 55.0 Å². The normalized spacial score (nSPS) is 11.6. The van der Waals surface area contributed by atoms with Crippen LogP contribution in [0, 0.1) is 0 Å². The second-order valence-electron chi connectivity index (χ2n) is 7.35. The molecule has 0 aliphatic carbocycles. The van der Waals surface area contributed by atoms with Crippen LogP contribution in [0.15, 0.2) is 73.4 Å². The summed E-state index contributed by atoms with van der Waals surface area (Å²) in [5.74, 6) is -0.723. The van der Waals surface area contributed by atoms with Crippen LogP contribution in [0.2, 0.25) is 0 Å². The van der Waals surface area contributed by atoms with Gasteiger partial charge in [0.2, 0.25) is 6.41 Å². The van der Waals surface area contributed by atoms with E-state index in [1.54, 1.807) is 68.0 Å². The number of pyridine rings is 2. The number of fused-ring (bicyclic) bond motifs is 1. The van der Waals surface area contributed by atoms with E-state index in [0.717, 1.165) is 16.5 Å². The zero-order chi connectivity index (χ0) is 23.9. The molecule has 3 heterocycles. The zero-order valence-corrected chi connectivity index (χ0v) is 18.4. The lowest BCUT2D eigenvalue weighted by atomic mass is 10.0. The van der Waals surface area contributed by atoms with Gasteiger partial charge in [-0.1, -0.05) is 0 Å². The lowest BCUT2D eigenvalue weighted by Crippen LogP contribution is -2.43. The summed E-state index contributed by atoms with van der Waals surface area (Å²) >= 11 is 0. The number of carbonyl (C=O) groups excluding carboxylic acids is 3. The molecule has 9 heteroatoms. The Balaban J connectivity index is 1.64.